The molecule has 0 saturated carbocycles. The van der Waals surface area contributed by atoms with Crippen molar-refractivity contribution < 1.29 is 19.4 Å². The molecule has 3 N–H and O–H groups in total. The molecule has 1 atom stereocenters. The Morgan fingerprint density at radius 2 is 1.97 bits per heavy atom. The van der Waals surface area contributed by atoms with Crippen molar-refractivity contribution in [1.82, 2.24) is 14.9 Å². The summed E-state index contributed by atoms with van der Waals surface area (Å²) in [6.45, 7) is 3.30. The molecule has 3 rings (SSSR count). The number of carbonyl (C=O) groups is 1. The summed E-state index contributed by atoms with van der Waals surface area (Å²) in [5.74, 6) is -1.59. The van der Waals surface area contributed by atoms with Gasteiger partial charge in [0, 0.05) is 18.8 Å². The summed E-state index contributed by atoms with van der Waals surface area (Å²) in [7, 11) is 0. The zero-order valence-corrected chi connectivity index (χ0v) is 16.1. The molecule has 0 spiro atoms. The number of carbonyl (C=O) groups excluding carboxylic acids is 1. The Labute approximate surface area is 166 Å². The van der Waals surface area contributed by atoms with E-state index in [4.69, 9.17) is 5.11 Å². The van der Waals surface area contributed by atoms with Crippen LogP contribution in [0.3, 0.4) is 0 Å². The average Bonchev–Trinajstić information content (AvgIpc) is 2.70. The zero-order chi connectivity index (χ0) is 21.1. The second-order valence-electron chi connectivity index (χ2n) is 6.84. The Kier molecular flexibility index (Phi) is 5.93. The third-order valence-electron chi connectivity index (χ3n) is 4.65. The van der Waals surface area contributed by atoms with E-state index in [9.17, 15) is 19.1 Å². The molecule has 2 heterocycles. The van der Waals surface area contributed by atoms with Gasteiger partial charge in [-0.3, -0.25) is 14.6 Å². The summed E-state index contributed by atoms with van der Waals surface area (Å²) >= 11 is 0. The first-order valence-corrected chi connectivity index (χ1v) is 9.26. The number of pyridine rings is 2. The highest BCUT2D eigenvalue weighted by atomic mass is 19.1. The van der Waals surface area contributed by atoms with E-state index < -0.39 is 28.8 Å². The van der Waals surface area contributed by atoms with Gasteiger partial charge in [-0.05, 0) is 49.6 Å². The van der Waals surface area contributed by atoms with Crippen LogP contribution in [-0.2, 0) is 13.0 Å². The Hall–Kier alpha value is -3.26. The molecule has 0 bridgehead atoms. The van der Waals surface area contributed by atoms with E-state index in [2.05, 4.69) is 10.3 Å². The van der Waals surface area contributed by atoms with Crippen LogP contribution in [0, 0.1) is 5.82 Å². The fourth-order valence-corrected chi connectivity index (χ4v) is 3.14. The van der Waals surface area contributed by atoms with Crippen LogP contribution >= 0.6 is 0 Å². The number of aliphatic hydroxyl groups is 1. The lowest BCUT2D eigenvalue weighted by Gasteiger charge is -2.15. The smallest absolute Gasteiger partial charge is 0.267 e. The maximum absolute atomic E-state index is 13.1. The standard InChI is InChI=1S/C21H22FN3O4/c1-3-25-16-9-14(8-13-4-6-15(22)7-5-13)10-23-18(16)19(27)17(21(25)29)20(28)24-12(2)11-26/h4-7,9-10,12,26-27H,3,8,11H2,1-2H3,(H,24,28)/t12-/m1/s1. The summed E-state index contributed by atoms with van der Waals surface area (Å²) in [5, 5.41) is 22.2. The number of aryl methyl sites for hydroxylation is 1. The van der Waals surface area contributed by atoms with Gasteiger partial charge in [0.2, 0.25) is 0 Å². The highest BCUT2D eigenvalue weighted by Gasteiger charge is 2.23. The minimum Gasteiger partial charge on any atom is -0.505 e. The number of rotatable bonds is 6. The molecule has 0 saturated heterocycles. The molecule has 0 radical (unpaired) electrons. The van der Waals surface area contributed by atoms with E-state index in [1.54, 1.807) is 38.2 Å². The number of benzene rings is 1. The van der Waals surface area contributed by atoms with Gasteiger partial charge >= 0.3 is 0 Å². The molecule has 1 aromatic carbocycles. The van der Waals surface area contributed by atoms with E-state index in [-0.39, 0.29) is 24.5 Å². The normalized spacial score (nSPS) is 12.1. The first kappa shape index (κ1) is 20.5. The van der Waals surface area contributed by atoms with Gasteiger partial charge in [-0.1, -0.05) is 12.1 Å². The van der Waals surface area contributed by atoms with E-state index in [0.29, 0.717) is 11.9 Å². The van der Waals surface area contributed by atoms with E-state index in [1.165, 1.54) is 16.7 Å². The van der Waals surface area contributed by atoms with E-state index >= 15 is 0 Å². The lowest BCUT2D eigenvalue weighted by atomic mass is 10.1. The van der Waals surface area contributed by atoms with Crippen LogP contribution < -0.4 is 10.9 Å². The summed E-state index contributed by atoms with van der Waals surface area (Å²) in [5.41, 5.74) is 1.14. The monoisotopic (exact) mass is 399 g/mol. The predicted molar refractivity (Wildman–Crippen MR) is 107 cm³/mol. The van der Waals surface area contributed by atoms with Crippen molar-refractivity contribution in [2.45, 2.75) is 32.9 Å². The first-order chi connectivity index (χ1) is 13.8. The van der Waals surface area contributed by atoms with Crippen LogP contribution in [0.2, 0.25) is 0 Å². The number of nitrogens with one attached hydrogen (secondary N) is 1. The Bertz CT molecular complexity index is 1110. The van der Waals surface area contributed by atoms with Crippen molar-refractivity contribution in [1.29, 1.82) is 0 Å². The molecular formula is C21H22FN3O4. The van der Waals surface area contributed by atoms with Gasteiger partial charge in [-0.2, -0.15) is 0 Å². The Morgan fingerprint density at radius 3 is 2.59 bits per heavy atom. The van der Waals surface area contributed by atoms with Gasteiger partial charge in [-0.25, -0.2) is 4.39 Å². The highest BCUT2D eigenvalue weighted by molar-refractivity contribution is 6.01. The number of hydrogen-bond acceptors (Lipinski definition) is 5. The van der Waals surface area contributed by atoms with E-state index in [0.717, 1.165) is 11.1 Å². The number of aromatic nitrogens is 2. The molecule has 0 fully saturated rings. The third-order valence-corrected chi connectivity index (χ3v) is 4.65. The minimum atomic E-state index is -0.768. The number of nitrogens with zero attached hydrogens (tertiary/aromatic N) is 2. The quantitative estimate of drug-likeness (QED) is 0.588. The zero-order valence-electron chi connectivity index (χ0n) is 16.1. The molecule has 0 aliphatic rings. The Balaban J connectivity index is 2.09. The van der Waals surface area contributed by atoms with Gasteiger partial charge in [-0.15, -0.1) is 0 Å². The molecule has 0 unspecified atom stereocenters. The molecule has 7 nitrogen and oxygen atoms in total. The number of halogens is 1. The lowest BCUT2D eigenvalue weighted by Crippen LogP contribution is -2.39. The summed E-state index contributed by atoms with van der Waals surface area (Å²) in [6.07, 6.45) is 2.02. The molecule has 2 aromatic heterocycles. The van der Waals surface area contributed by atoms with Crippen LogP contribution in [-0.4, -0.2) is 38.3 Å². The molecule has 152 valence electrons. The number of aromatic hydroxyl groups is 1. The van der Waals surface area contributed by atoms with Crippen molar-refractivity contribution >= 4 is 16.9 Å². The third kappa shape index (κ3) is 4.12. The van der Waals surface area contributed by atoms with Crippen molar-refractivity contribution in [3.8, 4) is 5.75 Å². The van der Waals surface area contributed by atoms with Crippen molar-refractivity contribution in [2.75, 3.05) is 6.61 Å². The van der Waals surface area contributed by atoms with Crippen molar-refractivity contribution in [3.63, 3.8) is 0 Å². The number of amides is 1. The summed E-state index contributed by atoms with van der Waals surface area (Å²) in [4.78, 5) is 29.6. The lowest BCUT2D eigenvalue weighted by molar-refractivity contribution is 0.0917. The van der Waals surface area contributed by atoms with Crippen LogP contribution in [0.25, 0.3) is 11.0 Å². The highest BCUT2D eigenvalue weighted by Crippen LogP contribution is 2.26. The van der Waals surface area contributed by atoms with Crippen LogP contribution in [0.5, 0.6) is 5.75 Å². The molecule has 0 aliphatic heterocycles. The first-order valence-electron chi connectivity index (χ1n) is 9.26. The predicted octanol–water partition coefficient (Wildman–Crippen LogP) is 1.96. The Morgan fingerprint density at radius 1 is 1.28 bits per heavy atom. The average molecular weight is 399 g/mol. The fraction of sp³-hybridized carbons (Fsp3) is 0.286. The number of aliphatic hydroxyl groups excluding tert-OH is 1. The summed E-state index contributed by atoms with van der Waals surface area (Å²) < 4.78 is 14.5. The number of fused-ring (bicyclic) bond motifs is 1. The van der Waals surface area contributed by atoms with Gasteiger partial charge in [0.25, 0.3) is 11.5 Å². The second kappa shape index (κ2) is 8.40. The second-order valence-corrected chi connectivity index (χ2v) is 6.84. The molecule has 3 aromatic rings. The maximum Gasteiger partial charge on any atom is 0.267 e. The topological polar surface area (TPSA) is 104 Å². The SMILES string of the molecule is CCn1c(=O)c(C(=O)N[C@H](C)CO)c(O)c2ncc(Cc3ccc(F)cc3)cc21. The van der Waals surface area contributed by atoms with Gasteiger partial charge in [0.15, 0.2) is 5.75 Å². The van der Waals surface area contributed by atoms with E-state index in [1.807, 2.05) is 0 Å². The van der Waals surface area contributed by atoms with Crippen LogP contribution in [0.1, 0.15) is 35.3 Å². The molecule has 1 amide bonds. The van der Waals surface area contributed by atoms with Crippen molar-refractivity contribution in [3.05, 3.63) is 69.4 Å². The minimum absolute atomic E-state index is 0.135. The van der Waals surface area contributed by atoms with Crippen molar-refractivity contribution in [2.24, 2.45) is 0 Å². The fourth-order valence-electron chi connectivity index (χ4n) is 3.14. The van der Waals surface area contributed by atoms with Gasteiger partial charge in [0.1, 0.15) is 16.9 Å². The molecule has 29 heavy (non-hydrogen) atoms. The summed E-state index contributed by atoms with van der Waals surface area (Å²) in [6, 6.07) is 7.23. The molecular weight excluding hydrogens is 377 g/mol. The molecule has 8 heteroatoms. The molecule has 0 aliphatic carbocycles. The van der Waals surface area contributed by atoms with Crippen LogP contribution in [0.15, 0.2) is 41.3 Å². The van der Waals surface area contributed by atoms with Gasteiger partial charge in [0.05, 0.1) is 12.1 Å². The maximum atomic E-state index is 13.1. The van der Waals surface area contributed by atoms with Crippen LogP contribution in [0.4, 0.5) is 4.39 Å². The number of hydrogen-bond donors (Lipinski definition) is 3. The largest absolute Gasteiger partial charge is 0.505 e. The van der Waals surface area contributed by atoms with Gasteiger partial charge < -0.3 is 20.1 Å².